The van der Waals surface area contributed by atoms with Crippen molar-refractivity contribution < 1.29 is 9.21 Å². The maximum absolute atomic E-state index is 12.4. The van der Waals surface area contributed by atoms with Gasteiger partial charge in [0.15, 0.2) is 11.4 Å². The zero-order valence-electron chi connectivity index (χ0n) is 15.4. The Hall–Kier alpha value is -3.19. The molecule has 2 N–H and O–H groups in total. The van der Waals surface area contributed by atoms with E-state index in [1.807, 2.05) is 35.0 Å². The normalized spacial score (nSPS) is 16.8. The summed E-state index contributed by atoms with van der Waals surface area (Å²) in [5.74, 6) is 0.515. The molecule has 5 rings (SSSR count). The van der Waals surface area contributed by atoms with Gasteiger partial charge in [0.1, 0.15) is 5.58 Å². The number of hydrogen-bond donors (Lipinski definition) is 2. The van der Waals surface area contributed by atoms with Crippen LogP contribution in [0.25, 0.3) is 22.0 Å². The number of rotatable bonds is 5. The molecule has 3 aromatic heterocycles. The Kier molecular flexibility index (Phi) is 4.29. The van der Waals surface area contributed by atoms with E-state index in [9.17, 15) is 4.79 Å². The number of amides is 1. The van der Waals surface area contributed by atoms with Crippen LogP contribution in [0.5, 0.6) is 0 Å². The lowest BCUT2D eigenvalue weighted by Gasteiger charge is -2.05. The molecule has 1 atom stereocenters. The fourth-order valence-corrected chi connectivity index (χ4v) is 3.84. The van der Waals surface area contributed by atoms with Crippen LogP contribution in [-0.2, 0) is 6.54 Å². The smallest absolute Gasteiger partial charge is 0.287 e. The van der Waals surface area contributed by atoms with Crippen LogP contribution < -0.4 is 10.6 Å². The van der Waals surface area contributed by atoms with E-state index < -0.39 is 0 Å². The summed E-state index contributed by atoms with van der Waals surface area (Å²) in [6, 6.07) is 13.4. The monoisotopic (exact) mass is 375 g/mol. The van der Waals surface area contributed by atoms with Crippen molar-refractivity contribution >= 4 is 27.9 Å². The van der Waals surface area contributed by atoms with Gasteiger partial charge < -0.3 is 15.1 Å². The van der Waals surface area contributed by atoms with Gasteiger partial charge in [0.25, 0.3) is 5.91 Å². The first-order chi connectivity index (χ1) is 13.8. The van der Waals surface area contributed by atoms with E-state index in [-0.39, 0.29) is 5.91 Å². The highest BCUT2D eigenvalue weighted by Gasteiger charge is 2.23. The Morgan fingerprint density at radius 1 is 1.29 bits per heavy atom. The largest absolute Gasteiger partial charge is 0.451 e. The molecule has 0 bridgehead atoms. The summed E-state index contributed by atoms with van der Waals surface area (Å²) in [6.45, 7) is 2.97. The molecule has 7 heteroatoms. The summed E-state index contributed by atoms with van der Waals surface area (Å²) in [5.41, 5.74) is 2.67. The van der Waals surface area contributed by atoms with Crippen LogP contribution in [0.2, 0.25) is 0 Å². The van der Waals surface area contributed by atoms with Crippen LogP contribution in [-0.4, -0.2) is 40.3 Å². The Balaban J connectivity index is 1.31. The highest BCUT2D eigenvalue weighted by atomic mass is 16.3. The highest BCUT2D eigenvalue weighted by molar-refractivity contribution is 5.96. The number of hydrogen-bond acceptors (Lipinski definition) is 5. The number of carbonyl (C=O) groups is 1. The lowest BCUT2D eigenvalue weighted by atomic mass is 10.0. The standard InChI is InChI=1S/C21H21N5O2/c27-21(18-12-14-4-1-2-6-17(14)28-18)24-10-11-26-20-16(5-3-8-23-20)19(25-26)15-7-9-22-13-15/h1-6,8,12,15,22H,7,9-11,13H2,(H,24,27)/t15-/m0/s1. The second kappa shape index (κ2) is 7.09. The van der Waals surface area contributed by atoms with Gasteiger partial charge in [-0.1, -0.05) is 18.2 Å². The van der Waals surface area contributed by atoms with E-state index in [0.717, 1.165) is 41.6 Å². The first-order valence-electron chi connectivity index (χ1n) is 9.58. The maximum atomic E-state index is 12.4. The van der Waals surface area contributed by atoms with Crippen LogP contribution in [0, 0.1) is 0 Å². The zero-order chi connectivity index (χ0) is 18.9. The molecule has 0 radical (unpaired) electrons. The maximum Gasteiger partial charge on any atom is 0.287 e. The molecule has 0 spiro atoms. The van der Waals surface area contributed by atoms with E-state index >= 15 is 0 Å². The SMILES string of the molecule is O=C(NCCn1nc([C@H]2CCNC2)c2cccnc21)c1cc2ccccc2o1. The van der Waals surface area contributed by atoms with Gasteiger partial charge in [0.05, 0.1) is 12.2 Å². The van der Waals surface area contributed by atoms with Gasteiger partial charge in [-0.05, 0) is 37.2 Å². The molecule has 1 amide bonds. The average molecular weight is 375 g/mol. The quantitative estimate of drug-likeness (QED) is 0.560. The number of carbonyl (C=O) groups excluding carboxylic acids is 1. The number of pyridine rings is 1. The number of nitrogens with one attached hydrogen (secondary N) is 2. The molecule has 1 aromatic carbocycles. The molecule has 0 aliphatic carbocycles. The van der Waals surface area contributed by atoms with Crippen molar-refractivity contribution in [2.75, 3.05) is 19.6 Å². The third kappa shape index (κ3) is 3.03. The molecule has 1 aliphatic rings. The van der Waals surface area contributed by atoms with Gasteiger partial charge in [-0.3, -0.25) is 4.79 Å². The summed E-state index contributed by atoms with van der Waals surface area (Å²) in [5, 5.41) is 13.1. The number of nitrogens with zero attached hydrogens (tertiary/aromatic N) is 3. The molecule has 4 heterocycles. The van der Waals surface area contributed by atoms with Crippen LogP contribution in [0.1, 0.15) is 28.6 Å². The Morgan fingerprint density at radius 3 is 3.07 bits per heavy atom. The van der Waals surface area contributed by atoms with Crippen molar-refractivity contribution in [1.82, 2.24) is 25.4 Å². The lowest BCUT2D eigenvalue weighted by Crippen LogP contribution is -2.27. The predicted octanol–water partition coefficient (Wildman–Crippen LogP) is 2.68. The Labute approximate surface area is 161 Å². The molecule has 142 valence electrons. The third-order valence-electron chi connectivity index (χ3n) is 5.24. The van der Waals surface area contributed by atoms with Gasteiger partial charge >= 0.3 is 0 Å². The Morgan fingerprint density at radius 2 is 2.21 bits per heavy atom. The van der Waals surface area contributed by atoms with Crippen LogP contribution in [0.3, 0.4) is 0 Å². The fourth-order valence-electron chi connectivity index (χ4n) is 3.84. The van der Waals surface area contributed by atoms with Crippen LogP contribution in [0.15, 0.2) is 53.1 Å². The Bertz CT molecular complexity index is 1110. The number of fused-ring (bicyclic) bond motifs is 2. The third-order valence-corrected chi connectivity index (χ3v) is 5.24. The summed E-state index contributed by atoms with van der Waals surface area (Å²) in [4.78, 5) is 16.9. The number of para-hydroxylation sites is 1. The molecule has 1 fully saturated rings. The van der Waals surface area contributed by atoms with Gasteiger partial charge in [-0.2, -0.15) is 5.10 Å². The van der Waals surface area contributed by atoms with E-state index in [0.29, 0.717) is 30.4 Å². The predicted molar refractivity (Wildman–Crippen MR) is 106 cm³/mol. The minimum Gasteiger partial charge on any atom is -0.451 e. The van der Waals surface area contributed by atoms with Crippen molar-refractivity contribution in [3.05, 3.63) is 60.1 Å². The van der Waals surface area contributed by atoms with E-state index in [1.165, 1.54) is 0 Å². The van der Waals surface area contributed by atoms with Crippen LogP contribution in [0.4, 0.5) is 0 Å². The lowest BCUT2D eigenvalue weighted by molar-refractivity contribution is 0.0926. The van der Waals surface area contributed by atoms with Crippen molar-refractivity contribution in [3.63, 3.8) is 0 Å². The van der Waals surface area contributed by atoms with Gasteiger partial charge in [-0.25, -0.2) is 9.67 Å². The molecule has 4 aromatic rings. The van der Waals surface area contributed by atoms with Gasteiger partial charge in [0.2, 0.25) is 0 Å². The summed E-state index contributed by atoms with van der Waals surface area (Å²) < 4.78 is 7.51. The second-order valence-corrected chi connectivity index (χ2v) is 7.08. The topological polar surface area (TPSA) is 85.0 Å². The molecule has 1 saturated heterocycles. The van der Waals surface area contributed by atoms with Crippen LogP contribution >= 0.6 is 0 Å². The van der Waals surface area contributed by atoms with Gasteiger partial charge in [0, 0.05) is 36.0 Å². The summed E-state index contributed by atoms with van der Waals surface area (Å²) >= 11 is 0. The molecule has 1 aliphatic heterocycles. The minimum absolute atomic E-state index is 0.221. The van der Waals surface area contributed by atoms with Crippen molar-refractivity contribution in [1.29, 1.82) is 0 Å². The highest BCUT2D eigenvalue weighted by Crippen LogP contribution is 2.27. The number of aromatic nitrogens is 3. The van der Waals surface area contributed by atoms with E-state index in [4.69, 9.17) is 9.52 Å². The van der Waals surface area contributed by atoms with E-state index in [2.05, 4.69) is 21.7 Å². The molecule has 0 saturated carbocycles. The summed E-state index contributed by atoms with van der Waals surface area (Å²) in [6.07, 6.45) is 2.87. The first kappa shape index (κ1) is 16.9. The number of benzene rings is 1. The molecule has 0 unspecified atom stereocenters. The molecular weight excluding hydrogens is 354 g/mol. The zero-order valence-corrected chi connectivity index (χ0v) is 15.4. The molecular formula is C21H21N5O2. The average Bonchev–Trinajstić information content (AvgIpc) is 3.46. The molecule has 7 nitrogen and oxygen atoms in total. The van der Waals surface area contributed by atoms with Crippen molar-refractivity contribution in [3.8, 4) is 0 Å². The van der Waals surface area contributed by atoms with Crippen molar-refractivity contribution in [2.24, 2.45) is 0 Å². The van der Waals surface area contributed by atoms with Crippen molar-refractivity contribution in [2.45, 2.75) is 18.9 Å². The molecule has 28 heavy (non-hydrogen) atoms. The fraction of sp³-hybridized carbons (Fsp3) is 0.286. The first-order valence-corrected chi connectivity index (χ1v) is 9.58. The second-order valence-electron chi connectivity index (χ2n) is 7.08. The summed E-state index contributed by atoms with van der Waals surface area (Å²) in [7, 11) is 0. The minimum atomic E-state index is -0.221. The number of furan rings is 1. The van der Waals surface area contributed by atoms with Gasteiger partial charge in [-0.15, -0.1) is 0 Å². The van der Waals surface area contributed by atoms with E-state index in [1.54, 1.807) is 12.3 Å².